The van der Waals surface area contributed by atoms with Gasteiger partial charge in [0.1, 0.15) is 0 Å². The third-order valence-corrected chi connectivity index (χ3v) is 9.53. The number of hydrogen-bond acceptors (Lipinski definition) is 6. The van der Waals surface area contributed by atoms with Gasteiger partial charge in [0.05, 0.1) is 5.72 Å². The van der Waals surface area contributed by atoms with Gasteiger partial charge in [-0.2, -0.15) is 34.2 Å². The quantitative estimate of drug-likeness (QED) is 0.0955. The van der Waals surface area contributed by atoms with Gasteiger partial charge in [0.2, 0.25) is 6.71 Å². The number of benzene rings is 4. The molecule has 288 valence electrons. The van der Waals surface area contributed by atoms with E-state index in [1.54, 1.807) is 12.4 Å². The first kappa shape index (κ1) is 41.9. The number of nitrogens with zero attached hydrogens (tertiary/aromatic N) is 4. The molecule has 0 saturated heterocycles. The molecule has 0 saturated carbocycles. The fourth-order valence-corrected chi connectivity index (χ4v) is 7.26. The summed E-state index contributed by atoms with van der Waals surface area (Å²) in [5.41, 5.74) is 12.7. The zero-order valence-electron chi connectivity index (χ0n) is 32.7. The van der Waals surface area contributed by atoms with Crippen LogP contribution in [0.15, 0.2) is 104 Å². The molecule has 1 aliphatic rings. The Balaban J connectivity index is 0.00000275. The smallest absolute Gasteiger partial charge is 0.503 e. The Bertz CT molecular complexity index is 2360. The van der Waals surface area contributed by atoms with Crippen LogP contribution in [0.5, 0.6) is 23.0 Å². The van der Waals surface area contributed by atoms with Crippen molar-refractivity contribution in [2.75, 3.05) is 0 Å². The standard InChI is InChI=1S/C48H41BN4O2.2Pd/c1-30(2)18-34-22-36(46-20-32(5)12-16-50-46)26-40(24-34)54-38-8-10-42-43-11-9-39(29-45(43)49(44(42)28-38)48-52-14-7-15-53-48)55-41-25-35(19-31(3)4)23-37(27-41)47-21-33(6)13-17-51-47;;/h7-17,20-25,30-31H,18-19H2,1-6H3;;/q-4;2*+2. The second-order valence-corrected chi connectivity index (χ2v) is 15.2. The third kappa shape index (κ3) is 9.69. The van der Waals surface area contributed by atoms with Gasteiger partial charge in [0.15, 0.2) is 0 Å². The van der Waals surface area contributed by atoms with Crippen LogP contribution < -0.4 is 26.1 Å². The number of aromatic nitrogens is 4. The molecule has 0 aliphatic carbocycles. The maximum atomic E-state index is 6.57. The SMILES string of the molecule is Cc1ccnc(-c2[c-]c(Oc3[c-]c4c(cc3)-c3ccc(Oc5[c-]c(-c6cc(C)ccn6)cc(CC(C)C)c5)[c-]c3B4c3ncccn3)cc(CC(C)C)c2)c1.[Pd+2].[Pd+2]. The van der Waals surface area contributed by atoms with E-state index in [2.05, 4.69) is 124 Å². The largest absolute Gasteiger partial charge is 2.00 e. The molecule has 0 amide bonds. The van der Waals surface area contributed by atoms with E-state index in [-0.39, 0.29) is 47.6 Å². The Labute approximate surface area is 364 Å². The minimum Gasteiger partial charge on any atom is -0.503 e. The van der Waals surface area contributed by atoms with Crippen LogP contribution in [0.4, 0.5) is 0 Å². The summed E-state index contributed by atoms with van der Waals surface area (Å²) in [6.07, 6.45) is 9.03. The van der Waals surface area contributed by atoms with Crippen LogP contribution in [-0.2, 0) is 53.7 Å². The summed E-state index contributed by atoms with van der Waals surface area (Å²) in [6, 6.07) is 40.7. The maximum Gasteiger partial charge on any atom is 2.00 e. The Morgan fingerprint density at radius 1 is 0.526 bits per heavy atom. The molecule has 0 unspecified atom stereocenters. The average Bonchev–Trinajstić information content (AvgIpc) is 3.47. The van der Waals surface area contributed by atoms with E-state index in [1.165, 1.54) is 11.1 Å². The molecule has 0 bridgehead atoms. The van der Waals surface area contributed by atoms with Gasteiger partial charge >= 0.3 is 40.8 Å². The molecule has 0 radical (unpaired) electrons. The molecule has 1 aliphatic heterocycles. The fourth-order valence-electron chi connectivity index (χ4n) is 7.26. The molecule has 57 heavy (non-hydrogen) atoms. The van der Waals surface area contributed by atoms with Crippen LogP contribution >= 0.6 is 0 Å². The molecule has 0 spiro atoms. The molecule has 8 rings (SSSR count). The van der Waals surface area contributed by atoms with Gasteiger partial charge < -0.3 is 19.4 Å². The summed E-state index contributed by atoms with van der Waals surface area (Å²) in [6.45, 7) is 12.7. The van der Waals surface area contributed by atoms with E-state index in [1.807, 2.05) is 42.7 Å². The minimum atomic E-state index is -0.329. The van der Waals surface area contributed by atoms with Crippen molar-refractivity contribution in [2.45, 2.75) is 54.4 Å². The van der Waals surface area contributed by atoms with Crippen molar-refractivity contribution in [1.82, 2.24) is 19.9 Å². The number of fused-ring (bicyclic) bond motifs is 3. The van der Waals surface area contributed by atoms with Crippen molar-refractivity contribution in [3.05, 3.63) is 150 Å². The minimum absolute atomic E-state index is 0. The second kappa shape index (κ2) is 18.2. The fraction of sp³-hybridized carbons (Fsp3) is 0.208. The maximum absolute atomic E-state index is 6.57. The first-order valence-corrected chi connectivity index (χ1v) is 18.9. The van der Waals surface area contributed by atoms with Crippen LogP contribution in [-0.4, -0.2) is 26.6 Å². The predicted octanol–water partition coefficient (Wildman–Crippen LogP) is 8.89. The van der Waals surface area contributed by atoms with Gasteiger partial charge in [0.25, 0.3) is 0 Å². The summed E-state index contributed by atoms with van der Waals surface area (Å²) in [5.74, 6) is 3.36. The summed E-state index contributed by atoms with van der Waals surface area (Å²) in [7, 11) is 0. The number of pyridine rings is 2. The number of aryl methyl sites for hydroxylation is 2. The molecule has 4 aromatic carbocycles. The second-order valence-electron chi connectivity index (χ2n) is 15.2. The van der Waals surface area contributed by atoms with Crippen LogP contribution in [0.25, 0.3) is 33.6 Å². The Kier molecular flexibility index (Phi) is 13.4. The number of hydrogen-bond donors (Lipinski definition) is 0. The summed E-state index contributed by atoms with van der Waals surface area (Å²) >= 11 is 0. The molecule has 7 aromatic rings. The molecular formula is C48H41BN4O2Pd2. The number of ether oxygens (including phenoxy) is 2. The zero-order chi connectivity index (χ0) is 38.1. The van der Waals surface area contributed by atoms with Crippen molar-refractivity contribution < 1.29 is 50.3 Å². The van der Waals surface area contributed by atoms with Crippen molar-refractivity contribution in [1.29, 1.82) is 0 Å². The van der Waals surface area contributed by atoms with Crippen LogP contribution in [0.3, 0.4) is 0 Å². The molecule has 0 atom stereocenters. The van der Waals surface area contributed by atoms with Crippen molar-refractivity contribution >= 4 is 23.4 Å². The Hall–Kier alpha value is -4.75. The van der Waals surface area contributed by atoms with E-state index in [9.17, 15) is 0 Å². The van der Waals surface area contributed by atoms with Gasteiger partial charge in [-0.3, -0.25) is 9.97 Å². The van der Waals surface area contributed by atoms with Crippen molar-refractivity contribution in [3.63, 3.8) is 0 Å². The summed E-state index contributed by atoms with van der Waals surface area (Å²) in [4.78, 5) is 18.7. The third-order valence-electron chi connectivity index (χ3n) is 9.53. The van der Waals surface area contributed by atoms with Gasteiger partial charge in [-0.15, -0.1) is 58.7 Å². The monoisotopic (exact) mass is 928 g/mol. The van der Waals surface area contributed by atoms with Gasteiger partial charge in [-0.25, -0.2) is 0 Å². The van der Waals surface area contributed by atoms with Crippen molar-refractivity contribution in [2.24, 2.45) is 11.8 Å². The van der Waals surface area contributed by atoms with E-state index in [0.717, 1.165) is 68.5 Å². The summed E-state index contributed by atoms with van der Waals surface area (Å²) < 4.78 is 13.1. The normalized spacial score (nSPS) is 11.5. The Morgan fingerprint density at radius 2 is 0.982 bits per heavy atom. The van der Waals surface area contributed by atoms with Crippen LogP contribution in [0.2, 0.25) is 0 Å². The molecule has 3 aromatic heterocycles. The van der Waals surface area contributed by atoms with Crippen LogP contribution in [0.1, 0.15) is 49.9 Å². The van der Waals surface area contributed by atoms with E-state index >= 15 is 0 Å². The zero-order valence-corrected chi connectivity index (χ0v) is 35.8. The van der Waals surface area contributed by atoms with Gasteiger partial charge in [0, 0.05) is 47.8 Å². The van der Waals surface area contributed by atoms with Gasteiger partial charge in [-0.1, -0.05) is 75.2 Å². The van der Waals surface area contributed by atoms with E-state index in [0.29, 0.717) is 40.6 Å². The van der Waals surface area contributed by atoms with Gasteiger partial charge in [-0.05, 0) is 68.1 Å². The first-order valence-electron chi connectivity index (χ1n) is 18.9. The first-order chi connectivity index (χ1) is 26.6. The molecular weight excluding hydrogens is 888 g/mol. The Morgan fingerprint density at radius 3 is 1.40 bits per heavy atom. The molecule has 4 heterocycles. The molecule has 6 nitrogen and oxygen atoms in total. The predicted molar refractivity (Wildman–Crippen MR) is 220 cm³/mol. The average molecular weight is 930 g/mol. The van der Waals surface area contributed by atoms with E-state index in [4.69, 9.17) is 19.4 Å². The number of rotatable bonds is 11. The molecule has 0 N–H and O–H groups in total. The molecule has 0 fully saturated rings. The van der Waals surface area contributed by atoms with Crippen LogP contribution in [0, 0.1) is 49.9 Å². The summed E-state index contributed by atoms with van der Waals surface area (Å²) in [5, 5.41) is 0. The van der Waals surface area contributed by atoms with E-state index < -0.39 is 0 Å². The van der Waals surface area contributed by atoms with Crippen molar-refractivity contribution in [3.8, 4) is 56.6 Å². The molecule has 9 heteroatoms. The topological polar surface area (TPSA) is 70.0 Å².